The highest BCUT2D eigenvalue weighted by Gasteiger charge is 2.32. The number of carbonyl (C=O) groups excluding carboxylic acids is 1. The largest absolute Gasteiger partial charge is 0.458 e. The summed E-state index contributed by atoms with van der Waals surface area (Å²) in [6.07, 6.45) is 0. The van der Waals surface area contributed by atoms with Crippen LogP contribution in [0.5, 0.6) is 0 Å². The second-order valence-electron chi connectivity index (χ2n) is 6.70. The number of rotatable bonds is 3. The number of halogens is 1. The molecule has 0 spiro atoms. The lowest BCUT2D eigenvalue weighted by Gasteiger charge is -2.32. The molecule has 4 rings (SSSR count). The van der Waals surface area contributed by atoms with Crippen LogP contribution in [0.3, 0.4) is 0 Å². The molecule has 1 fully saturated rings. The molecule has 8 nitrogen and oxygen atoms in total. The predicted octanol–water partition coefficient (Wildman–Crippen LogP) is 1.29. The van der Waals surface area contributed by atoms with E-state index >= 15 is 0 Å². The summed E-state index contributed by atoms with van der Waals surface area (Å²) in [5.41, 5.74) is 2.28. The van der Waals surface area contributed by atoms with E-state index in [1.165, 1.54) is 0 Å². The number of fused-ring (bicyclic) bond motifs is 3. The highest BCUT2D eigenvalue weighted by atomic mass is 35.5. The van der Waals surface area contributed by atoms with Gasteiger partial charge in [-0.1, -0.05) is 16.1 Å². The van der Waals surface area contributed by atoms with E-state index in [1.54, 1.807) is 16.0 Å². The number of aromatic nitrogens is 4. The molecule has 0 N–H and O–H groups in total. The van der Waals surface area contributed by atoms with Gasteiger partial charge in [0.1, 0.15) is 5.52 Å². The molecule has 0 saturated carbocycles. The summed E-state index contributed by atoms with van der Waals surface area (Å²) < 4.78 is 8.66. The number of aryl methyl sites for hydroxylation is 1. The second-order valence-corrected chi connectivity index (χ2v) is 7.13. The van der Waals surface area contributed by atoms with Crippen LogP contribution in [0.2, 0.25) is 5.02 Å². The lowest BCUT2D eigenvalue weighted by Crippen LogP contribution is -2.46. The topological polar surface area (TPSA) is 66.8 Å². The van der Waals surface area contributed by atoms with Crippen molar-refractivity contribution in [1.29, 1.82) is 0 Å². The Hall–Kier alpha value is -2.45. The number of esters is 1. The number of hydrogen-bond acceptors (Lipinski definition) is 6. The van der Waals surface area contributed by atoms with E-state index < -0.39 is 5.97 Å². The van der Waals surface area contributed by atoms with E-state index in [-0.39, 0.29) is 5.82 Å². The minimum atomic E-state index is -0.455. The first-order chi connectivity index (χ1) is 13.0. The highest BCUT2D eigenvalue weighted by molar-refractivity contribution is 6.31. The van der Waals surface area contributed by atoms with Crippen LogP contribution in [0.15, 0.2) is 18.2 Å². The third kappa shape index (κ3) is 3.08. The molecule has 3 heterocycles. The van der Waals surface area contributed by atoms with Crippen molar-refractivity contribution in [3.63, 3.8) is 0 Å². The van der Waals surface area contributed by atoms with E-state index in [2.05, 4.69) is 21.9 Å². The van der Waals surface area contributed by atoms with Crippen LogP contribution in [0, 0.1) is 0 Å². The summed E-state index contributed by atoms with van der Waals surface area (Å²) in [5, 5.41) is 5.13. The Morgan fingerprint density at radius 2 is 2.04 bits per heavy atom. The van der Waals surface area contributed by atoms with Gasteiger partial charge in [0.25, 0.3) is 0 Å². The number of likely N-dealkylation sites (N-methyl/N-ethyl adjacent to an activating group) is 1. The number of anilines is 1. The summed E-state index contributed by atoms with van der Waals surface area (Å²) in [5.74, 6) is 0.591. The van der Waals surface area contributed by atoms with Crippen molar-refractivity contribution < 1.29 is 14.1 Å². The maximum Gasteiger partial charge on any atom is 0.412 e. The molecule has 9 heteroatoms. The quantitative estimate of drug-likeness (QED) is 0.496. The monoisotopic (exact) mass is 389 g/mol. The van der Waals surface area contributed by atoms with Crippen LogP contribution in [-0.4, -0.2) is 65.3 Å². The minimum Gasteiger partial charge on any atom is -0.458 e. The van der Waals surface area contributed by atoms with Crippen molar-refractivity contribution in [3.05, 3.63) is 29.0 Å². The van der Waals surface area contributed by atoms with Gasteiger partial charge in [-0.25, -0.2) is 14.3 Å². The van der Waals surface area contributed by atoms with Crippen LogP contribution in [0.25, 0.3) is 16.7 Å². The van der Waals surface area contributed by atoms with Gasteiger partial charge in [0.2, 0.25) is 5.82 Å². The minimum absolute atomic E-state index is 0.238. The average molecular weight is 390 g/mol. The van der Waals surface area contributed by atoms with Gasteiger partial charge in [-0.2, -0.15) is 0 Å². The number of nitrogens with zero attached hydrogens (tertiary/aromatic N) is 6. The summed E-state index contributed by atoms with van der Waals surface area (Å²) in [6.45, 7) is 5.70. The zero-order valence-corrected chi connectivity index (χ0v) is 16.4. The molecule has 0 bridgehead atoms. The fraction of sp³-hybridized carbons (Fsp3) is 0.444. The van der Waals surface area contributed by atoms with Gasteiger partial charge in [0.15, 0.2) is 5.52 Å². The van der Waals surface area contributed by atoms with Gasteiger partial charge >= 0.3 is 17.4 Å². The van der Waals surface area contributed by atoms with E-state index in [0.717, 1.165) is 48.7 Å². The summed E-state index contributed by atoms with van der Waals surface area (Å²) >= 11 is 6.20. The van der Waals surface area contributed by atoms with Gasteiger partial charge < -0.3 is 14.5 Å². The summed E-state index contributed by atoms with van der Waals surface area (Å²) in [4.78, 5) is 21.8. The normalized spacial score (nSPS) is 15.6. The van der Waals surface area contributed by atoms with Crippen molar-refractivity contribution in [2.75, 3.05) is 44.7 Å². The summed E-state index contributed by atoms with van der Waals surface area (Å²) in [7, 11) is 3.92. The van der Waals surface area contributed by atoms with Gasteiger partial charge in [-0.05, 0) is 26.1 Å². The van der Waals surface area contributed by atoms with Crippen LogP contribution >= 0.6 is 11.6 Å². The highest BCUT2D eigenvalue weighted by Crippen LogP contribution is 2.25. The maximum atomic E-state index is 12.4. The third-order valence-electron chi connectivity index (χ3n) is 4.88. The first-order valence-electron chi connectivity index (χ1n) is 8.98. The molecule has 1 aliphatic rings. The smallest absolute Gasteiger partial charge is 0.412 e. The Morgan fingerprint density at radius 1 is 1.30 bits per heavy atom. The number of piperazine rings is 1. The molecular formula is C18H22ClN6O2+. The Balaban J connectivity index is 1.98. The molecule has 3 aromatic rings. The van der Waals surface area contributed by atoms with Crippen LogP contribution in [0.4, 0.5) is 5.82 Å². The van der Waals surface area contributed by atoms with Gasteiger partial charge in [0, 0.05) is 37.3 Å². The molecule has 1 saturated heterocycles. The fourth-order valence-electron chi connectivity index (χ4n) is 3.39. The van der Waals surface area contributed by atoms with E-state index in [4.69, 9.17) is 21.3 Å². The standard InChI is InChI=1S/C18H22ClN6O2/c1-4-27-18(26)16-21-25-14-11-12(19)5-6-13(14)20-15(17(25)23(16)3)24-9-7-22(2)8-10-24/h5-6,11H,4,7-10H2,1-3H3/q+1. The van der Waals surface area contributed by atoms with Crippen molar-refractivity contribution in [3.8, 4) is 0 Å². The zero-order chi connectivity index (χ0) is 19.1. The first kappa shape index (κ1) is 17.9. The van der Waals surface area contributed by atoms with Crippen LogP contribution in [-0.2, 0) is 11.8 Å². The number of ether oxygens (including phenoxy) is 1. The molecule has 0 radical (unpaired) electrons. The molecule has 0 atom stereocenters. The Morgan fingerprint density at radius 3 is 2.74 bits per heavy atom. The molecule has 1 aliphatic heterocycles. The van der Waals surface area contributed by atoms with E-state index in [0.29, 0.717) is 11.6 Å². The van der Waals surface area contributed by atoms with Crippen LogP contribution < -0.4 is 9.47 Å². The van der Waals surface area contributed by atoms with Crippen molar-refractivity contribution >= 4 is 40.1 Å². The predicted molar refractivity (Wildman–Crippen MR) is 102 cm³/mol. The number of hydrogen-bond donors (Lipinski definition) is 0. The first-order valence-corrected chi connectivity index (χ1v) is 9.36. The molecular weight excluding hydrogens is 368 g/mol. The Labute approximate surface area is 161 Å². The van der Waals surface area contributed by atoms with Gasteiger partial charge in [-0.15, -0.1) is 0 Å². The van der Waals surface area contributed by atoms with Crippen molar-refractivity contribution in [1.82, 2.24) is 19.5 Å². The lowest BCUT2D eigenvalue weighted by molar-refractivity contribution is -0.648. The maximum absolute atomic E-state index is 12.4. The molecule has 0 unspecified atom stereocenters. The SMILES string of the molecule is CCOC(=O)c1nn2c3cc(Cl)ccc3nc(N3CCN(C)CC3)c2[n+]1C. The molecule has 0 amide bonds. The average Bonchev–Trinajstić information content (AvgIpc) is 3.00. The number of carbonyl (C=O) groups is 1. The van der Waals surface area contributed by atoms with Crippen molar-refractivity contribution in [2.24, 2.45) is 7.05 Å². The van der Waals surface area contributed by atoms with Crippen molar-refractivity contribution in [2.45, 2.75) is 6.92 Å². The van der Waals surface area contributed by atoms with Gasteiger partial charge in [-0.3, -0.25) is 0 Å². The molecule has 2 aromatic heterocycles. The van der Waals surface area contributed by atoms with Crippen LogP contribution in [0.1, 0.15) is 17.5 Å². The zero-order valence-electron chi connectivity index (χ0n) is 15.6. The molecule has 142 valence electrons. The third-order valence-corrected chi connectivity index (χ3v) is 5.12. The van der Waals surface area contributed by atoms with E-state index in [1.807, 2.05) is 25.2 Å². The Kier molecular flexibility index (Phi) is 4.61. The van der Waals surface area contributed by atoms with E-state index in [9.17, 15) is 4.79 Å². The lowest BCUT2D eigenvalue weighted by atomic mass is 10.3. The Bertz CT molecular complexity index is 1030. The second kappa shape index (κ2) is 6.94. The molecule has 27 heavy (non-hydrogen) atoms. The molecule has 1 aromatic carbocycles. The summed E-state index contributed by atoms with van der Waals surface area (Å²) in [6, 6.07) is 5.50. The number of benzene rings is 1. The molecule has 0 aliphatic carbocycles. The van der Waals surface area contributed by atoms with Gasteiger partial charge in [0.05, 0.1) is 18.8 Å². The fourth-order valence-corrected chi connectivity index (χ4v) is 3.56.